The summed E-state index contributed by atoms with van der Waals surface area (Å²) in [4.78, 5) is 10.6. The Morgan fingerprint density at radius 2 is 1.57 bits per heavy atom. The molecule has 0 aliphatic rings. The molecule has 2 N–H and O–H groups in total. The average molecular weight is 277 g/mol. The Morgan fingerprint density at radius 1 is 1.07 bits per heavy atom. The maximum Gasteiger partial charge on any atom is 0.194 e. The Balaban J connectivity index is -0.000000403. The molecule has 0 aliphatic carbocycles. The maximum atomic E-state index is 10.6. The molecule has 0 aliphatic heterocycles. The van der Waals surface area contributed by atoms with E-state index in [1.54, 1.807) is 0 Å². The number of halogens is 3. The quantitative estimate of drug-likeness (QED) is 0.613. The average Bonchev–Trinajstić information content (AvgIpc) is 1.94. The van der Waals surface area contributed by atoms with Gasteiger partial charge < -0.3 is 10.2 Å². The predicted octanol–water partition coefficient (Wildman–Crippen LogP) is 2.91. The molecule has 0 saturated carbocycles. The van der Waals surface area contributed by atoms with Gasteiger partial charge in [-0.05, 0) is 18.2 Å². The Kier molecular flexibility index (Phi) is 11.2. The lowest BCUT2D eigenvalue weighted by atomic mass is 10.2. The lowest BCUT2D eigenvalue weighted by molar-refractivity contribution is 0.108. The van der Waals surface area contributed by atoms with Crippen LogP contribution in [0.5, 0.6) is 11.5 Å². The summed E-state index contributed by atoms with van der Waals surface area (Å²) in [7, 11) is 3.54. The molecule has 0 atom stereocenters. The Labute approximate surface area is 102 Å². The maximum absolute atomic E-state index is 10.6. The van der Waals surface area contributed by atoms with E-state index < -0.39 is 5.52 Å². The van der Waals surface area contributed by atoms with Crippen LogP contribution in [0.15, 0.2) is 18.2 Å². The minimum Gasteiger partial charge on any atom is -0.504 e. The predicted molar refractivity (Wildman–Crippen MR) is 62.8 cm³/mol. The van der Waals surface area contributed by atoms with Crippen LogP contribution in [0.1, 0.15) is 10.4 Å². The molecule has 3 nitrogen and oxygen atoms in total. The van der Waals surface area contributed by atoms with Gasteiger partial charge in [0.25, 0.3) is 0 Å². The highest BCUT2D eigenvalue weighted by Crippen LogP contribution is 2.25. The van der Waals surface area contributed by atoms with Gasteiger partial charge in [-0.3, -0.25) is 4.79 Å². The molecule has 7 heteroatoms. The van der Waals surface area contributed by atoms with E-state index in [1.807, 2.05) is 0 Å². The van der Waals surface area contributed by atoms with E-state index in [1.165, 1.54) is 12.1 Å². The minimum atomic E-state index is -0.444. The van der Waals surface area contributed by atoms with Gasteiger partial charge in [0.15, 0.2) is 17.0 Å². The molecule has 0 bridgehead atoms. The number of hydrogen-bond acceptors (Lipinski definition) is 3. The van der Waals surface area contributed by atoms with Crippen molar-refractivity contribution in [2.45, 2.75) is 0 Å². The first-order valence-electron chi connectivity index (χ1n) is 2.86. The molecule has 1 aromatic rings. The molecule has 1 aromatic carbocycles. The van der Waals surface area contributed by atoms with Crippen LogP contribution < -0.4 is 0 Å². The molecule has 0 spiro atoms. The van der Waals surface area contributed by atoms with E-state index >= 15 is 0 Å². The van der Waals surface area contributed by atoms with Crippen molar-refractivity contribution in [3.8, 4) is 11.5 Å². The molecule has 0 aromatic heterocycles. The van der Waals surface area contributed by atoms with Gasteiger partial charge in [0.1, 0.15) is 0 Å². The molecular weight excluding hydrogens is 269 g/mol. The number of phenolic OH excluding ortho intramolecular Hbond substituents is 2. The van der Waals surface area contributed by atoms with Crippen molar-refractivity contribution in [3.63, 3.8) is 0 Å². The van der Waals surface area contributed by atoms with Gasteiger partial charge in [-0.25, -0.2) is 0 Å². The molecule has 2 radical (unpaired) electrons. The van der Waals surface area contributed by atoms with Crippen LogP contribution in [0.25, 0.3) is 0 Å². The summed E-state index contributed by atoms with van der Waals surface area (Å²) in [6, 6.07) is 3.77. The van der Waals surface area contributed by atoms with E-state index in [2.05, 4.69) is 9.24 Å². The molecule has 0 saturated heterocycles. The van der Waals surface area contributed by atoms with Crippen molar-refractivity contribution in [2.75, 3.05) is 0 Å². The third-order valence-electron chi connectivity index (χ3n) is 1.22. The summed E-state index contributed by atoms with van der Waals surface area (Å²) in [6.45, 7) is 0. The summed E-state index contributed by atoms with van der Waals surface area (Å²) >= 11 is 0. The summed E-state index contributed by atoms with van der Waals surface area (Å²) in [5, 5.41) is 17.8. The van der Waals surface area contributed by atoms with Crippen molar-refractivity contribution < 1.29 is 15.0 Å². The lowest BCUT2D eigenvalue weighted by Gasteiger charge is -1.97. The second kappa shape index (κ2) is 8.13. The molecule has 0 fully saturated rings. The highest BCUT2D eigenvalue weighted by Gasteiger charge is 2.03. The van der Waals surface area contributed by atoms with Crippen molar-refractivity contribution >= 4 is 52.0 Å². The first-order chi connectivity index (χ1) is 5.11. The van der Waals surface area contributed by atoms with E-state index in [9.17, 15) is 4.79 Å². The molecule has 80 valence electrons. The van der Waals surface area contributed by atoms with Gasteiger partial charge >= 0.3 is 0 Å². The fourth-order valence-electron chi connectivity index (χ4n) is 0.656. The monoisotopic (exact) mass is 276 g/mol. The highest BCUT2D eigenvalue weighted by atomic mass is 35.5. The number of phenols is 2. The number of benzene rings is 1. The number of aromatic hydroxyl groups is 2. The second-order valence-corrected chi connectivity index (χ2v) is 2.41. The fraction of sp³-hybridized carbons (Fsp3) is 0. The van der Waals surface area contributed by atoms with E-state index in [-0.39, 0.29) is 54.3 Å². The van der Waals surface area contributed by atoms with E-state index in [4.69, 9.17) is 10.2 Å². The first-order valence-corrected chi connectivity index (χ1v) is 3.31. The normalized spacial score (nSPS) is 7.50. The van der Waals surface area contributed by atoms with E-state index in [0.717, 1.165) is 6.07 Å². The zero-order valence-electron chi connectivity index (χ0n) is 6.71. The van der Waals surface area contributed by atoms with Gasteiger partial charge in [-0.2, -0.15) is 0 Å². The van der Waals surface area contributed by atoms with Crippen molar-refractivity contribution in [2.24, 2.45) is 0 Å². The topological polar surface area (TPSA) is 57.5 Å². The highest BCUT2D eigenvalue weighted by molar-refractivity contribution is 7.41. The SMILES string of the molecule is Cl.Cl.Cl.O=C([P])c1ccc(O)c(O)c1. The summed E-state index contributed by atoms with van der Waals surface area (Å²) in [6.07, 6.45) is 0. The summed E-state index contributed by atoms with van der Waals surface area (Å²) in [5.74, 6) is -0.562. The van der Waals surface area contributed by atoms with E-state index in [0.29, 0.717) is 0 Å². The van der Waals surface area contributed by atoms with Gasteiger partial charge in [0.2, 0.25) is 0 Å². The van der Waals surface area contributed by atoms with Crippen molar-refractivity contribution in [1.82, 2.24) is 0 Å². The molecular formula is C7H8Cl3O3P. The zero-order chi connectivity index (χ0) is 8.43. The van der Waals surface area contributed by atoms with Crippen LogP contribution in [0.2, 0.25) is 0 Å². The van der Waals surface area contributed by atoms with Gasteiger partial charge in [0, 0.05) is 14.8 Å². The van der Waals surface area contributed by atoms with Gasteiger partial charge in [0.05, 0.1) is 0 Å². The first kappa shape index (κ1) is 19.4. The molecule has 1 rings (SSSR count). The smallest absolute Gasteiger partial charge is 0.194 e. The van der Waals surface area contributed by atoms with Gasteiger partial charge in [-0.15, -0.1) is 37.2 Å². The van der Waals surface area contributed by atoms with Crippen LogP contribution in [0.3, 0.4) is 0 Å². The molecule has 14 heavy (non-hydrogen) atoms. The van der Waals surface area contributed by atoms with Gasteiger partial charge in [-0.1, -0.05) is 0 Å². The minimum absolute atomic E-state index is 0. The third kappa shape index (κ3) is 4.87. The van der Waals surface area contributed by atoms with Crippen LogP contribution >= 0.6 is 46.5 Å². The van der Waals surface area contributed by atoms with Crippen LogP contribution in [-0.2, 0) is 0 Å². The largest absolute Gasteiger partial charge is 0.504 e. The molecule has 0 unspecified atom stereocenters. The third-order valence-corrected chi connectivity index (χ3v) is 1.48. The Bertz CT molecular complexity index is 306. The van der Waals surface area contributed by atoms with Crippen molar-refractivity contribution in [1.29, 1.82) is 0 Å². The second-order valence-electron chi connectivity index (χ2n) is 2.01. The number of rotatable bonds is 1. The van der Waals surface area contributed by atoms with Crippen molar-refractivity contribution in [3.05, 3.63) is 23.8 Å². The summed E-state index contributed by atoms with van der Waals surface area (Å²) in [5.41, 5.74) is -0.191. The Hall–Kier alpha value is -0.210. The molecule has 0 amide bonds. The number of carbonyl (C=O) groups is 1. The van der Waals surface area contributed by atoms with Crippen LogP contribution in [0, 0.1) is 0 Å². The zero-order valence-corrected chi connectivity index (χ0v) is 10.1. The summed E-state index contributed by atoms with van der Waals surface area (Å²) < 4.78 is 0. The number of carbonyl (C=O) groups excluding carboxylic acids is 1. The van der Waals surface area contributed by atoms with Crippen LogP contribution in [0.4, 0.5) is 0 Å². The lowest BCUT2D eigenvalue weighted by Crippen LogP contribution is -1.85. The number of hydrogen-bond donors (Lipinski definition) is 2. The fourth-order valence-corrected chi connectivity index (χ4v) is 0.796. The Morgan fingerprint density at radius 3 is 1.93 bits per heavy atom. The molecule has 0 heterocycles. The van der Waals surface area contributed by atoms with Crippen LogP contribution in [-0.4, -0.2) is 15.7 Å². The standard InChI is InChI=1S/C7H5O3P.3ClH/c8-5-2-1-4(7(10)11)3-6(5)9;;;/h1-3,8-9H;3*1H.